The summed E-state index contributed by atoms with van der Waals surface area (Å²) in [6, 6.07) is 12.6. The van der Waals surface area contributed by atoms with Crippen molar-refractivity contribution < 1.29 is 0 Å². The average Bonchev–Trinajstić information content (AvgIpc) is 2.79. The second-order valence-corrected chi connectivity index (χ2v) is 10.3. The van der Waals surface area contributed by atoms with Gasteiger partial charge in [0, 0.05) is 55.2 Å². The first-order valence-corrected chi connectivity index (χ1v) is 12.2. The highest BCUT2D eigenvalue weighted by molar-refractivity contribution is 5.78. The number of nitriles is 1. The molecule has 1 aliphatic heterocycles. The molecular formula is C26H29N7O. The van der Waals surface area contributed by atoms with Crippen LogP contribution < -0.4 is 15.8 Å². The van der Waals surface area contributed by atoms with Gasteiger partial charge in [-0.1, -0.05) is 0 Å². The standard InChI is InChI=1S/C26H29N7O/c1-17(2)31-7-9-32(10-8-31)22-5-3-21(4-6-22)29-25-28-16-20-11-19(15-27)24(34)33(23(20)30-25)26-12-18(13-26)14-26/h3-6,11,16-18H,7-10,12-14H2,1-2H3,(H,28,29,30). The van der Waals surface area contributed by atoms with E-state index in [1.54, 1.807) is 16.8 Å². The first-order chi connectivity index (χ1) is 16.5. The molecule has 3 saturated carbocycles. The van der Waals surface area contributed by atoms with Crippen LogP contribution in [0.2, 0.25) is 0 Å². The van der Waals surface area contributed by atoms with Crippen molar-refractivity contribution in [3.05, 3.63) is 52.4 Å². The van der Waals surface area contributed by atoms with Crippen molar-refractivity contribution in [1.29, 1.82) is 5.26 Å². The molecular weight excluding hydrogens is 426 g/mol. The largest absolute Gasteiger partial charge is 0.369 e. The molecule has 174 valence electrons. The first-order valence-electron chi connectivity index (χ1n) is 12.2. The van der Waals surface area contributed by atoms with Gasteiger partial charge in [0.25, 0.3) is 5.56 Å². The van der Waals surface area contributed by atoms with Gasteiger partial charge in [-0.3, -0.25) is 14.3 Å². The maximum Gasteiger partial charge on any atom is 0.270 e. The van der Waals surface area contributed by atoms with Crippen molar-refractivity contribution in [3.8, 4) is 6.07 Å². The van der Waals surface area contributed by atoms with E-state index < -0.39 is 0 Å². The van der Waals surface area contributed by atoms with Gasteiger partial charge in [0.15, 0.2) is 0 Å². The molecule has 0 atom stereocenters. The third-order valence-electron chi connectivity index (χ3n) is 7.87. The van der Waals surface area contributed by atoms with Crippen LogP contribution in [0.5, 0.6) is 0 Å². The molecule has 3 heterocycles. The Hall–Kier alpha value is -3.44. The second kappa shape index (κ2) is 7.81. The Morgan fingerprint density at radius 1 is 1.12 bits per heavy atom. The molecule has 8 nitrogen and oxygen atoms in total. The first kappa shape index (κ1) is 21.1. The van der Waals surface area contributed by atoms with Crippen molar-refractivity contribution in [2.45, 2.75) is 44.7 Å². The van der Waals surface area contributed by atoms with E-state index >= 15 is 0 Å². The van der Waals surface area contributed by atoms with Crippen LogP contribution in [0.15, 0.2) is 41.3 Å². The normalized spacial score (nSPS) is 23.9. The van der Waals surface area contributed by atoms with Gasteiger partial charge in [0.2, 0.25) is 5.95 Å². The van der Waals surface area contributed by atoms with Gasteiger partial charge in [-0.2, -0.15) is 10.2 Å². The molecule has 0 spiro atoms. The number of hydrogen-bond donors (Lipinski definition) is 1. The smallest absolute Gasteiger partial charge is 0.270 e. The molecule has 1 aromatic carbocycles. The third kappa shape index (κ3) is 3.34. The van der Waals surface area contributed by atoms with Crippen LogP contribution in [0.4, 0.5) is 17.3 Å². The van der Waals surface area contributed by atoms with E-state index in [2.05, 4.69) is 46.1 Å². The summed E-state index contributed by atoms with van der Waals surface area (Å²) in [5, 5.41) is 13.5. The lowest BCUT2D eigenvalue weighted by atomic mass is 9.49. The summed E-state index contributed by atoms with van der Waals surface area (Å²) in [6.07, 6.45) is 4.69. The number of benzene rings is 1. The highest BCUT2D eigenvalue weighted by Crippen LogP contribution is 2.62. The van der Waals surface area contributed by atoms with Crippen molar-refractivity contribution >= 4 is 28.4 Å². The number of hydrogen-bond acceptors (Lipinski definition) is 7. The Morgan fingerprint density at radius 3 is 2.41 bits per heavy atom. The van der Waals surface area contributed by atoms with Crippen LogP contribution >= 0.6 is 0 Å². The number of aromatic nitrogens is 3. The fourth-order valence-electron chi connectivity index (χ4n) is 5.77. The molecule has 34 heavy (non-hydrogen) atoms. The molecule has 2 aromatic heterocycles. The van der Waals surface area contributed by atoms with E-state index in [-0.39, 0.29) is 16.7 Å². The van der Waals surface area contributed by atoms with Crippen LogP contribution in [0.3, 0.4) is 0 Å². The average molecular weight is 456 g/mol. The molecule has 3 aromatic rings. The molecule has 1 saturated heterocycles. The minimum atomic E-state index is -0.236. The molecule has 0 unspecified atom stereocenters. The predicted octanol–water partition coefficient (Wildman–Crippen LogP) is 3.45. The molecule has 0 radical (unpaired) electrons. The molecule has 8 heteroatoms. The SMILES string of the molecule is CC(C)N1CCN(c2ccc(Nc3ncc4cc(C#N)c(=O)n(C56CC(C5)C6)c4n3)cc2)CC1. The van der Waals surface area contributed by atoms with Crippen LogP contribution in [-0.4, -0.2) is 51.7 Å². The highest BCUT2D eigenvalue weighted by Gasteiger charge is 2.59. The van der Waals surface area contributed by atoms with Crippen LogP contribution in [-0.2, 0) is 5.54 Å². The lowest BCUT2D eigenvalue weighted by molar-refractivity contribution is -0.0884. The van der Waals surface area contributed by atoms with Crippen molar-refractivity contribution in [2.24, 2.45) is 5.92 Å². The van der Waals surface area contributed by atoms with Crippen LogP contribution in [0.1, 0.15) is 38.7 Å². The number of nitrogens with zero attached hydrogens (tertiary/aromatic N) is 6. The maximum absolute atomic E-state index is 13.0. The van der Waals surface area contributed by atoms with Crippen molar-refractivity contribution in [2.75, 3.05) is 36.4 Å². The Labute approximate surface area is 198 Å². The van der Waals surface area contributed by atoms with Crippen molar-refractivity contribution in [1.82, 2.24) is 19.4 Å². The fraction of sp³-hybridized carbons (Fsp3) is 0.462. The highest BCUT2D eigenvalue weighted by atomic mass is 16.1. The van der Waals surface area contributed by atoms with Gasteiger partial charge in [-0.05, 0) is 69.4 Å². The van der Waals surface area contributed by atoms with Gasteiger partial charge in [-0.15, -0.1) is 0 Å². The van der Waals surface area contributed by atoms with Gasteiger partial charge in [0.05, 0.1) is 5.54 Å². The Bertz CT molecular complexity index is 1330. The summed E-state index contributed by atoms with van der Waals surface area (Å²) >= 11 is 0. The quantitative estimate of drug-likeness (QED) is 0.630. The third-order valence-corrected chi connectivity index (χ3v) is 7.87. The van der Waals surface area contributed by atoms with E-state index in [1.165, 1.54) is 5.69 Å². The summed E-state index contributed by atoms with van der Waals surface area (Å²) in [5.74, 6) is 1.16. The van der Waals surface area contributed by atoms with Gasteiger partial charge in [0.1, 0.15) is 17.3 Å². The van der Waals surface area contributed by atoms with Crippen molar-refractivity contribution in [3.63, 3.8) is 0 Å². The molecule has 4 aliphatic rings. The monoisotopic (exact) mass is 455 g/mol. The molecule has 2 bridgehead atoms. The van der Waals surface area contributed by atoms with E-state index in [0.717, 1.165) is 56.5 Å². The summed E-state index contributed by atoms with van der Waals surface area (Å²) in [6.45, 7) is 8.73. The maximum atomic E-state index is 13.0. The van der Waals surface area contributed by atoms with Gasteiger partial charge < -0.3 is 10.2 Å². The molecule has 1 N–H and O–H groups in total. The zero-order valence-electron chi connectivity index (χ0n) is 19.7. The lowest BCUT2D eigenvalue weighted by Crippen LogP contribution is -2.62. The summed E-state index contributed by atoms with van der Waals surface area (Å²) < 4.78 is 1.77. The Kier molecular flexibility index (Phi) is 4.85. The number of anilines is 3. The zero-order chi connectivity index (χ0) is 23.4. The van der Waals surface area contributed by atoms with E-state index in [1.807, 2.05) is 18.2 Å². The molecule has 0 amide bonds. The summed E-state index contributed by atoms with van der Waals surface area (Å²) in [5.41, 5.74) is 2.48. The minimum Gasteiger partial charge on any atom is -0.369 e. The van der Waals surface area contributed by atoms with Crippen LogP contribution in [0.25, 0.3) is 11.0 Å². The minimum absolute atomic E-state index is 0.159. The van der Waals surface area contributed by atoms with E-state index in [4.69, 9.17) is 4.98 Å². The van der Waals surface area contributed by atoms with Gasteiger partial charge in [-0.25, -0.2) is 4.98 Å². The molecule has 3 aliphatic carbocycles. The molecule has 7 rings (SSSR count). The topological polar surface area (TPSA) is 90.1 Å². The number of rotatable bonds is 5. The molecule has 4 fully saturated rings. The zero-order valence-corrected chi connectivity index (χ0v) is 19.7. The van der Waals surface area contributed by atoms with E-state index in [0.29, 0.717) is 23.6 Å². The fourth-order valence-corrected chi connectivity index (χ4v) is 5.77. The van der Waals surface area contributed by atoms with Gasteiger partial charge >= 0.3 is 0 Å². The predicted molar refractivity (Wildman–Crippen MR) is 132 cm³/mol. The summed E-state index contributed by atoms with van der Waals surface area (Å²) in [7, 11) is 0. The summed E-state index contributed by atoms with van der Waals surface area (Å²) in [4.78, 5) is 27.2. The number of nitrogens with one attached hydrogen (secondary N) is 1. The van der Waals surface area contributed by atoms with Crippen LogP contribution in [0, 0.1) is 17.2 Å². The number of fused-ring (bicyclic) bond motifs is 1. The Balaban J connectivity index is 1.25. The number of piperazine rings is 1. The number of pyridine rings is 1. The second-order valence-electron chi connectivity index (χ2n) is 10.3. The Morgan fingerprint density at radius 2 is 1.82 bits per heavy atom. The lowest BCUT2D eigenvalue weighted by Gasteiger charge is -2.62. The van der Waals surface area contributed by atoms with E-state index in [9.17, 15) is 10.1 Å².